The number of carbonyl (C=O) groups is 1. The smallest absolute Gasteiger partial charge is 0.219 e. The van der Waals surface area contributed by atoms with Crippen molar-refractivity contribution in [2.24, 2.45) is 5.73 Å². The molecule has 0 aliphatic rings. The lowest BCUT2D eigenvalue weighted by atomic mass is 10.0. The Labute approximate surface area is 169 Å². The average Bonchev–Trinajstić information content (AvgIpc) is 2.67. The maximum absolute atomic E-state index is 11.7. The van der Waals surface area contributed by atoms with Gasteiger partial charge in [-0.2, -0.15) is 0 Å². The van der Waals surface area contributed by atoms with Crippen molar-refractivity contribution in [3.63, 3.8) is 0 Å². The zero-order valence-corrected chi connectivity index (χ0v) is 18.3. The van der Waals surface area contributed by atoms with Crippen LogP contribution in [-0.2, 0) is 4.79 Å². The van der Waals surface area contributed by atoms with E-state index in [0.29, 0.717) is 13.0 Å². The van der Waals surface area contributed by atoms with Gasteiger partial charge in [0.2, 0.25) is 5.91 Å². The topological polar surface area (TPSA) is 67.2 Å². The number of carbonyl (C=O) groups excluding carboxylic acids is 1. The van der Waals surface area contributed by atoms with Gasteiger partial charge in [0, 0.05) is 26.1 Å². The first kappa shape index (κ1) is 26.4. The van der Waals surface area contributed by atoms with Crippen molar-refractivity contribution in [1.29, 1.82) is 0 Å². The fourth-order valence-corrected chi connectivity index (χ4v) is 3.41. The number of amides is 1. The fourth-order valence-electron chi connectivity index (χ4n) is 3.41. The second kappa shape index (κ2) is 23.4. The van der Waals surface area contributed by atoms with Crippen molar-refractivity contribution in [3.05, 3.63) is 0 Å². The van der Waals surface area contributed by atoms with Gasteiger partial charge in [0.05, 0.1) is 0 Å². The molecule has 0 heterocycles. The molecule has 0 rings (SSSR count). The van der Waals surface area contributed by atoms with E-state index in [-0.39, 0.29) is 5.91 Å². The Balaban J connectivity index is 3.10. The van der Waals surface area contributed by atoms with Crippen LogP contribution in [0.2, 0.25) is 0 Å². The van der Waals surface area contributed by atoms with E-state index in [4.69, 9.17) is 5.73 Å². The average molecular weight is 384 g/mol. The van der Waals surface area contributed by atoms with E-state index in [1.807, 2.05) is 0 Å². The van der Waals surface area contributed by atoms with Gasteiger partial charge in [-0.05, 0) is 19.4 Å². The minimum absolute atomic E-state index is 0.212. The van der Waals surface area contributed by atoms with Crippen LogP contribution < -0.4 is 16.4 Å². The van der Waals surface area contributed by atoms with Gasteiger partial charge in [0.15, 0.2) is 0 Å². The first-order valence-electron chi connectivity index (χ1n) is 12.0. The lowest BCUT2D eigenvalue weighted by molar-refractivity contribution is -0.121. The molecule has 0 aromatic rings. The zero-order valence-electron chi connectivity index (χ0n) is 18.3. The number of hydrogen-bond donors (Lipinski definition) is 3. The van der Waals surface area contributed by atoms with E-state index in [1.165, 1.54) is 89.9 Å². The molecular weight excluding hydrogens is 334 g/mol. The molecule has 4 N–H and O–H groups in total. The van der Waals surface area contributed by atoms with E-state index >= 15 is 0 Å². The normalized spacial score (nSPS) is 11.0. The molecule has 0 atom stereocenters. The Kier molecular flexibility index (Phi) is 22.9. The minimum atomic E-state index is 0.212. The van der Waals surface area contributed by atoms with Crippen molar-refractivity contribution >= 4 is 5.91 Å². The minimum Gasteiger partial charge on any atom is -0.356 e. The second-order valence-electron chi connectivity index (χ2n) is 7.94. The monoisotopic (exact) mass is 383 g/mol. The van der Waals surface area contributed by atoms with Gasteiger partial charge in [-0.25, -0.2) is 0 Å². The van der Waals surface area contributed by atoms with E-state index in [1.54, 1.807) is 0 Å². The highest BCUT2D eigenvalue weighted by molar-refractivity contribution is 5.75. The van der Waals surface area contributed by atoms with Crippen LogP contribution in [0.1, 0.15) is 116 Å². The lowest BCUT2D eigenvalue weighted by Gasteiger charge is -2.06. The fraction of sp³-hybridized carbons (Fsp3) is 0.957. The molecule has 0 spiro atoms. The third-order valence-electron chi connectivity index (χ3n) is 5.18. The second-order valence-corrected chi connectivity index (χ2v) is 7.94. The quantitative estimate of drug-likeness (QED) is 0.222. The number of nitrogens with two attached hydrogens (primary N) is 1. The number of hydrogen-bond acceptors (Lipinski definition) is 3. The van der Waals surface area contributed by atoms with Crippen LogP contribution >= 0.6 is 0 Å². The molecule has 0 bridgehead atoms. The number of rotatable bonds is 22. The Bertz CT molecular complexity index is 297. The van der Waals surface area contributed by atoms with Crippen molar-refractivity contribution in [2.75, 3.05) is 26.2 Å². The maximum Gasteiger partial charge on any atom is 0.219 e. The Morgan fingerprint density at radius 1 is 0.630 bits per heavy atom. The lowest BCUT2D eigenvalue weighted by Crippen LogP contribution is -2.29. The van der Waals surface area contributed by atoms with Crippen molar-refractivity contribution < 1.29 is 4.79 Å². The zero-order chi connectivity index (χ0) is 19.8. The Hall–Kier alpha value is -0.610. The van der Waals surface area contributed by atoms with E-state index < -0.39 is 0 Å². The summed E-state index contributed by atoms with van der Waals surface area (Å²) in [6.45, 7) is 5.51. The summed E-state index contributed by atoms with van der Waals surface area (Å²) in [6.07, 6.45) is 22.1. The standard InChI is InChI=1S/C23H49N3O/c1-2-3-4-5-6-7-8-9-10-11-12-13-14-15-16-18-23(27)26-21-17-20-25-22-19-24/h25H,2-22,24H2,1H3,(H,26,27). The highest BCUT2D eigenvalue weighted by Crippen LogP contribution is 2.13. The van der Waals surface area contributed by atoms with Gasteiger partial charge < -0.3 is 16.4 Å². The summed E-state index contributed by atoms with van der Waals surface area (Å²) in [4.78, 5) is 11.7. The van der Waals surface area contributed by atoms with Crippen molar-refractivity contribution in [3.8, 4) is 0 Å². The van der Waals surface area contributed by atoms with Crippen LogP contribution in [0.4, 0.5) is 0 Å². The molecule has 27 heavy (non-hydrogen) atoms. The predicted molar refractivity (Wildman–Crippen MR) is 119 cm³/mol. The third kappa shape index (κ3) is 23.4. The van der Waals surface area contributed by atoms with E-state index in [9.17, 15) is 4.79 Å². The molecule has 162 valence electrons. The van der Waals surface area contributed by atoms with Crippen LogP contribution in [0, 0.1) is 0 Å². The Morgan fingerprint density at radius 3 is 1.59 bits per heavy atom. The SMILES string of the molecule is CCCCCCCCCCCCCCCCCC(=O)NCCCNCCN. The highest BCUT2D eigenvalue weighted by Gasteiger charge is 2.00. The summed E-state index contributed by atoms with van der Waals surface area (Å²) in [5, 5.41) is 6.23. The van der Waals surface area contributed by atoms with Gasteiger partial charge in [-0.1, -0.05) is 96.8 Å². The molecule has 4 heteroatoms. The van der Waals surface area contributed by atoms with Crippen LogP contribution in [-0.4, -0.2) is 32.1 Å². The van der Waals surface area contributed by atoms with Gasteiger partial charge in [0.25, 0.3) is 0 Å². The van der Waals surface area contributed by atoms with Crippen molar-refractivity contribution in [2.45, 2.75) is 116 Å². The van der Waals surface area contributed by atoms with Crippen LogP contribution in [0.15, 0.2) is 0 Å². The molecule has 0 radical (unpaired) electrons. The molecule has 0 aromatic heterocycles. The molecule has 4 nitrogen and oxygen atoms in total. The van der Waals surface area contributed by atoms with Gasteiger partial charge in [0.1, 0.15) is 0 Å². The molecule has 0 unspecified atom stereocenters. The number of unbranched alkanes of at least 4 members (excludes halogenated alkanes) is 14. The van der Waals surface area contributed by atoms with Crippen LogP contribution in [0.25, 0.3) is 0 Å². The van der Waals surface area contributed by atoms with Gasteiger partial charge in [-0.3, -0.25) is 4.79 Å². The molecule has 0 saturated carbocycles. The molecule has 0 saturated heterocycles. The van der Waals surface area contributed by atoms with Crippen LogP contribution in [0.3, 0.4) is 0 Å². The summed E-state index contributed by atoms with van der Waals surface area (Å²) in [6, 6.07) is 0. The maximum atomic E-state index is 11.7. The summed E-state index contributed by atoms with van der Waals surface area (Å²) >= 11 is 0. The first-order chi connectivity index (χ1) is 13.3. The van der Waals surface area contributed by atoms with Gasteiger partial charge >= 0.3 is 0 Å². The Morgan fingerprint density at radius 2 is 1.11 bits per heavy atom. The van der Waals surface area contributed by atoms with E-state index in [2.05, 4.69) is 17.6 Å². The number of nitrogens with one attached hydrogen (secondary N) is 2. The molecule has 1 amide bonds. The third-order valence-corrected chi connectivity index (χ3v) is 5.18. The molecule has 0 fully saturated rings. The highest BCUT2D eigenvalue weighted by atomic mass is 16.1. The summed E-state index contributed by atoms with van der Waals surface area (Å²) in [5.74, 6) is 0.212. The van der Waals surface area contributed by atoms with Crippen LogP contribution in [0.5, 0.6) is 0 Å². The predicted octanol–water partition coefficient (Wildman–Crippen LogP) is 5.30. The summed E-state index contributed by atoms with van der Waals surface area (Å²) < 4.78 is 0. The molecule has 0 aliphatic carbocycles. The van der Waals surface area contributed by atoms with Gasteiger partial charge in [-0.15, -0.1) is 0 Å². The molecule has 0 aliphatic heterocycles. The largest absolute Gasteiger partial charge is 0.356 e. The molecule has 0 aromatic carbocycles. The summed E-state index contributed by atoms with van der Waals surface area (Å²) in [5.41, 5.74) is 5.41. The summed E-state index contributed by atoms with van der Waals surface area (Å²) in [7, 11) is 0. The first-order valence-corrected chi connectivity index (χ1v) is 12.0. The van der Waals surface area contributed by atoms with E-state index in [0.717, 1.165) is 32.5 Å². The molecular formula is C23H49N3O. The van der Waals surface area contributed by atoms with Crippen molar-refractivity contribution in [1.82, 2.24) is 10.6 Å².